The smallest absolute Gasteiger partial charge is 0.141 e. The SMILES string of the molecule is CCCNCc1cc(Oc2ccc(Br)cc2Br)ccn1. The van der Waals surface area contributed by atoms with Crippen molar-refractivity contribution in [2.45, 2.75) is 19.9 Å². The maximum Gasteiger partial charge on any atom is 0.141 e. The summed E-state index contributed by atoms with van der Waals surface area (Å²) >= 11 is 6.92. The van der Waals surface area contributed by atoms with Gasteiger partial charge in [-0.3, -0.25) is 4.98 Å². The van der Waals surface area contributed by atoms with Crippen LogP contribution in [0, 0.1) is 0 Å². The largest absolute Gasteiger partial charge is 0.456 e. The standard InChI is InChI=1S/C15H16Br2N2O/c1-2-6-18-10-12-9-13(5-7-19-12)20-15-4-3-11(16)8-14(15)17/h3-5,7-9,18H,2,6,10H2,1H3. The van der Waals surface area contributed by atoms with Crippen molar-refractivity contribution in [3.05, 3.63) is 51.2 Å². The van der Waals surface area contributed by atoms with Crippen LogP contribution in [0.1, 0.15) is 19.0 Å². The Bertz CT molecular complexity index is 576. The van der Waals surface area contributed by atoms with E-state index in [0.717, 1.165) is 45.6 Å². The number of pyridine rings is 1. The van der Waals surface area contributed by atoms with Gasteiger partial charge in [-0.1, -0.05) is 22.9 Å². The fraction of sp³-hybridized carbons (Fsp3) is 0.267. The Labute approximate surface area is 136 Å². The molecule has 0 saturated carbocycles. The van der Waals surface area contributed by atoms with Gasteiger partial charge in [-0.2, -0.15) is 0 Å². The molecular weight excluding hydrogens is 384 g/mol. The van der Waals surface area contributed by atoms with E-state index in [-0.39, 0.29) is 0 Å². The summed E-state index contributed by atoms with van der Waals surface area (Å²) in [5, 5.41) is 3.33. The molecule has 0 bridgehead atoms. The Kier molecular flexibility index (Phi) is 6.01. The van der Waals surface area contributed by atoms with E-state index >= 15 is 0 Å². The van der Waals surface area contributed by atoms with Gasteiger partial charge in [-0.25, -0.2) is 0 Å². The van der Waals surface area contributed by atoms with Crippen LogP contribution in [-0.4, -0.2) is 11.5 Å². The maximum atomic E-state index is 5.88. The Balaban J connectivity index is 2.07. The van der Waals surface area contributed by atoms with Crippen LogP contribution in [0.4, 0.5) is 0 Å². The second kappa shape index (κ2) is 7.76. The molecule has 0 fully saturated rings. The second-order valence-corrected chi connectivity index (χ2v) is 6.11. The molecule has 0 unspecified atom stereocenters. The highest BCUT2D eigenvalue weighted by Gasteiger charge is 2.04. The van der Waals surface area contributed by atoms with E-state index in [1.807, 2.05) is 30.3 Å². The molecule has 2 aromatic rings. The Morgan fingerprint density at radius 1 is 1.20 bits per heavy atom. The van der Waals surface area contributed by atoms with Crippen molar-refractivity contribution < 1.29 is 4.74 Å². The predicted molar refractivity (Wildman–Crippen MR) is 88.2 cm³/mol. The molecule has 0 aliphatic carbocycles. The van der Waals surface area contributed by atoms with E-state index < -0.39 is 0 Å². The van der Waals surface area contributed by atoms with Gasteiger partial charge in [0.25, 0.3) is 0 Å². The average Bonchev–Trinajstić information content (AvgIpc) is 2.43. The molecule has 3 nitrogen and oxygen atoms in total. The van der Waals surface area contributed by atoms with E-state index in [9.17, 15) is 0 Å². The number of hydrogen-bond acceptors (Lipinski definition) is 3. The highest BCUT2D eigenvalue weighted by atomic mass is 79.9. The van der Waals surface area contributed by atoms with E-state index in [1.165, 1.54) is 0 Å². The fourth-order valence-corrected chi connectivity index (χ4v) is 2.82. The molecule has 20 heavy (non-hydrogen) atoms. The molecule has 106 valence electrons. The lowest BCUT2D eigenvalue weighted by molar-refractivity contribution is 0.477. The lowest BCUT2D eigenvalue weighted by Crippen LogP contribution is -2.14. The zero-order chi connectivity index (χ0) is 14.4. The molecule has 0 atom stereocenters. The van der Waals surface area contributed by atoms with E-state index in [0.29, 0.717) is 0 Å². The van der Waals surface area contributed by atoms with Gasteiger partial charge in [0.1, 0.15) is 11.5 Å². The lowest BCUT2D eigenvalue weighted by Gasteiger charge is -2.09. The van der Waals surface area contributed by atoms with Crippen molar-refractivity contribution in [1.29, 1.82) is 0 Å². The number of rotatable bonds is 6. The van der Waals surface area contributed by atoms with Gasteiger partial charge >= 0.3 is 0 Å². The quantitative estimate of drug-likeness (QED) is 0.701. The van der Waals surface area contributed by atoms with Crippen molar-refractivity contribution in [3.8, 4) is 11.5 Å². The van der Waals surface area contributed by atoms with Crippen molar-refractivity contribution in [2.24, 2.45) is 0 Å². The first-order chi connectivity index (χ1) is 9.69. The summed E-state index contributed by atoms with van der Waals surface area (Å²) in [6.07, 6.45) is 2.88. The number of hydrogen-bond donors (Lipinski definition) is 1. The first-order valence-corrected chi connectivity index (χ1v) is 8.06. The normalized spacial score (nSPS) is 10.6. The summed E-state index contributed by atoms with van der Waals surface area (Å²) in [6, 6.07) is 9.64. The van der Waals surface area contributed by atoms with Crippen LogP contribution in [-0.2, 0) is 6.54 Å². The van der Waals surface area contributed by atoms with E-state index in [4.69, 9.17) is 4.74 Å². The third-order valence-corrected chi connectivity index (χ3v) is 3.76. The van der Waals surface area contributed by atoms with Gasteiger partial charge in [-0.05, 0) is 53.2 Å². The van der Waals surface area contributed by atoms with Crippen LogP contribution in [0.25, 0.3) is 0 Å². The van der Waals surface area contributed by atoms with Crippen LogP contribution in [0.2, 0.25) is 0 Å². The van der Waals surface area contributed by atoms with Crippen molar-refractivity contribution in [3.63, 3.8) is 0 Å². The summed E-state index contributed by atoms with van der Waals surface area (Å²) in [7, 11) is 0. The first kappa shape index (κ1) is 15.5. The third-order valence-electron chi connectivity index (χ3n) is 2.64. The van der Waals surface area contributed by atoms with Crippen molar-refractivity contribution in [1.82, 2.24) is 10.3 Å². The van der Waals surface area contributed by atoms with Crippen LogP contribution < -0.4 is 10.1 Å². The van der Waals surface area contributed by atoms with Gasteiger partial charge < -0.3 is 10.1 Å². The summed E-state index contributed by atoms with van der Waals surface area (Å²) in [5.41, 5.74) is 0.976. The summed E-state index contributed by atoms with van der Waals surface area (Å²) in [5.74, 6) is 1.57. The molecule has 0 amide bonds. The summed E-state index contributed by atoms with van der Waals surface area (Å²) < 4.78 is 7.80. The number of ether oxygens (including phenoxy) is 1. The summed E-state index contributed by atoms with van der Waals surface area (Å²) in [4.78, 5) is 4.33. The lowest BCUT2D eigenvalue weighted by atomic mass is 10.3. The van der Waals surface area contributed by atoms with Crippen molar-refractivity contribution in [2.75, 3.05) is 6.54 Å². The minimum atomic E-state index is 0.756. The Hall–Kier alpha value is -0.910. The average molecular weight is 400 g/mol. The van der Waals surface area contributed by atoms with Gasteiger partial charge in [0.2, 0.25) is 0 Å². The Morgan fingerprint density at radius 3 is 2.80 bits per heavy atom. The molecule has 0 radical (unpaired) electrons. The first-order valence-electron chi connectivity index (χ1n) is 6.47. The molecule has 2 rings (SSSR count). The number of nitrogens with zero attached hydrogens (tertiary/aromatic N) is 1. The molecule has 0 spiro atoms. The zero-order valence-electron chi connectivity index (χ0n) is 11.2. The molecular formula is C15H16Br2N2O. The minimum Gasteiger partial charge on any atom is -0.456 e. The number of nitrogens with one attached hydrogen (secondary N) is 1. The second-order valence-electron chi connectivity index (χ2n) is 4.34. The molecule has 1 aromatic carbocycles. The van der Waals surface area contributed by atoms with Crippen LogP contribution in [0.3, 0.4) is 0 Å². The molecule has 1 aromatic heterocycles. The molecule has 1 heterocycles. The van der Waals surface area contributed by atoms with E-state index in [2.05, 4.69) is 49.1 Å². The number of benzene rings is 1. The Morgan fingerprint density at radius 2 is 2.05 bits per heavy atom. The molecule has 1 N–H and O–H groups in total. The summed E-state index contributed by atoms with van der Waals surface area (Å²) in [6.45, 7) is 3.89. The topological polar surface area (TPSA) is 34.1 Å². The van der Waals surface area contributed by atoms with Crippen molar-refractivity contribution >= 4 is 31.9 Å². The van der Waals surface area contributed by atoms with Gasteiger partial charge in [-0.15, -0.1) is 0 Å². The van der Waals surface area contributed by atoms with Crippen LogP contribution >= 0.6 is 31.9 Å². The zero-order valence-corrected chi connectivity index (χ0v) is 14.4. The fourth-order valence-electron chi connectivity index (χ4n) is 1.69. The van der Waals surface area contributed by atoms with Crippen LogP contribution in [0.15, 0.2) is 45.5 Å². The molecule has 0 saturated heterocycles. The molecule has 0 aliphatic rings. The minimum absolute atomic E-state index is 0.756. The highest BCUT2D eigenvalue weighted by molar-refractivity contribution is 9.11. The molecule has 5 heteroatoms. The maximum absolute atomic E-state index is 5.88. The number of aromatic nitrogens is 1. The van der Waals surface area contributed by atoms with Gasteiger partial charge in [0.05, 0.1) is 10.2 Å². The van der Waals surface area contributed by atoms with Crippen LogP contribution in [0.5, 0.6) is 11.5 Å². The number of halogens is 2. The monoisotopic (exact) mass is 398 g/mol. The molecule has 0 aliphatic heterocycles. The van der Waals surface area contributed by atoms with E-state index in [1.54, 1.807) is 6.20 Å². The predicted octanol–water partition coefficient (Wildman–Crippen LogP) is 4.90. The highest BCUT2D eigenvalue weighted by Crippen LogP contribution is 2.31. The van der Waals surface area contributed by atoms with Gasteiger partial charge in [0, 0.05) is 23.3 Å². The van der Waals surface area contributed by atoms with Gasteiger partial charge in [0.15, 0.2) is 0 Å². The third kappa shape index (κ3) is 4.58.